The fraction of sp³-hybridized carbons (Fsp3) is 0.400. The van der Waals surface area contributed by atoms with Crippen LogP contribution in [0.3, 0.4) is 0 Å². The van der Waals surface area contributed by atoms with E-state index in [1.807, 2.05) is 36.5 Å². The zero-order valence-corrected chi connectivity index (χ0v) is 15.4. The van der Waals surface area contributed by atoms with Crippen molar-refractivity contribution in [2.75, 3.05) is 44.7 Å². The maximum Gasteiger partial charge on any atom is 0.264 e. The average Bonchev–Trinajstić information content (AvgIpc) is 2.72. The molecule has 1 amide bonds. The van der Waals surface area contributed by atoms with Gasteiger partial charge < -0.3 is 24.6 Å². The monoisotopic (exact) mass is 368 g/mol. The van der Waals surface area contributed by atoms with Gasteiger partial charge in [0.2, 0.25) is 6.10 Å². The summed E-state index contributed by atoms with van der Waals surface area (Å²) in [7, 11) is 2.14. The highest BCUT2D eigenvalue weighted by atomic mass is 16.6. The first-order chi connectivity index (χ1) is 13.2. The number of nitrogens with one attached hydrogen (secondary N) is 1. The highest BCUT2D eigenvalue weighted by molar-refractivity contribution is 5.81. The molecule has 1 unspecified atom stereocenters. The van der Waals surface area contributed by atoms with Crippen LogP contribution in [0.15, 0.2) is 42.6 Å². The summed E-state index contributed by atoms with van der Waals surface area (Å²) in [5.41, 5.74) is 0.957. The number of hydrogen-bond donors (Lipinski definition) is 1. The van der Waals surface area contributed by atoms with Crippen LogP contribution in [0, 0.1) is 0 Å². The van der Waals surface area contributed by atoms with E-state index in [9.17, 15) is 4.79 Å². The predicted octanol–water partition coefficient (Wildman–Crippen LogP) is 1.29. The van der Waals surface area contributed by atoms with Gasteiger partial charge in [0.25, 0.3) is 5.91 Å². The van der Waals surface area contributed by atoms with Crippen molar-refractivity contribution < 1.29 is 14.3 Å². The lowest BCUT2D eigenvalue weighted by Crippen LogP contribution is -2.44. The number of likely N-dealkylation sites (N-methyl/N-ethyl adjacent to an activating group) is 1. The van der Waals surface area contributed by atoms with E-state index in [1.165, 1.54) is 0 Å². The summed E-state index contributed by atoms with van der Waals surface area (Å²) in [6.45, 7) is 4.69. The minimum absolute atomic E-state index is 0.187. The third kappa shape index (κ3) is 4.14. The molecule has 0 saturated carbocycles. The number of pyridine rings is 1. The molecule has 142 valence electrons. The van der Waals surface area contributed by atoms with Gasteiger partial charge in [-0.15, -0.1) is 0 Å². The minimum atomic E-state index is -0.641. The molecule has 7 nitrogen and oxygen atoms in total. The lowest BCUT2D eigenvalue weighted by Gasteiger charge is -2.33. The van der Waals surface area contributed by atoms with Crippen LogP contribution in [-0.4, -0.2) is 61.7 Å². The summed E-state index contributed by atoms with van der Waals surface area (Å²) in [4.78, 5) is 21.5. The Morgan fingerprint density at radius 2 is 1.93 bits per heavy atom. The van der Waals surface area contributed by atoms with Crippen molar-refractivity contribution in [3.05, 3.63) is 48.2 Å². The van der Waals surface area contributed by atoms with E-state index in [4.69, 9.17) is 9.47 Å². The van der Waals surface area contributed by atoms with Gasteiger partial charge in [-0.3, -0.25) is 4.79 Å². The molecule has 1 N–H and O–H groups in total. The molecule has 1 saturated heterocycles. The molecule has 0 radical (unpaired) electrons. The topological polar surface area (TPSA) is 66.9 Å². The SMILES string of the molecule is CN1CCN(c2ccc(CNC(=O)C3COc4ccccc4O3)cn2)CC1. The van der Waals surface area contributed by atoms with Crippen LogP contribution in [0.4, 0.5) is 5.82 Å². The van der Waals surface area contributed by atoms with Crippen molar-refractivity contribution in [3.8, 4) is 11.5 Å². The largest absolute Gasteiger partial charge is 0.485 e. The Bertz CT molecular complexity index is 788. The highest BCUT2D eigenvalue weighted by Gasteiger charge is 2.27. The van der Waals surface area contributed by atoms with Crippen LogP contribution in [0.5, 0.6) is 11.5 Å². The lowest BCUT2D eigenvalue weighted by molar-refractivity contribution is -0.130. The van der Waals surface area contributed by atoms with E-state index >= 15 is 0 Å². The van der Waals surface area contributed by atoms with E-state index in [0.717, 1.165) is 37.6 Å². The van der Waals surface area contributed by atoms with Crippen LogP contribution in [0.1, 0.15) is 5.56 Å². The molecule has 0 spiro atoms. The summed E-state index contributed by atoms with van der Waals surface area (Å²) >= 11 is 0. The molecule has 3 heterocycles. The van der Waals surface area contributed by atoms with Gasteiger partial charge in [0, 0.05) is 38.9 Å². The number of carbonyl (C=O) groups excluding carboxylic acids is 1. The molecular formula is C20H24N4O3. The number of aromatic nitrogens is 1. The summed E-state index contributed by atoms with van der Waals surface area (Å²) in [5, 5.41) is 2.90. The number of anilines is 1. The third-order valence-electron chi connectivity index (χ3n) is 4.90. The Kier molecular flexibility index (Phi) is 5.11. The van der Waals surface area contributed by atoms with Crippen molar-refractivity contribution in [3.63, 3.8) is 0 Å². The maximum absolute atomic E-state index is 12.4. The molecule has 2 aliphatic rings. The van der Waals surface area contributed by atoms with Gasteiger partial charge in [0.1, 0.15) is 12.4 Å². The van der Waals surface area contributed by atoms with Crippen LogP contribution >= 0.6 is 0 Å². The summed E-state index contributed by atoms with van der Waals surface area (Å²) in [6.07, 6.45) is 1.18. The second-order valence-corrected chi connectivity index (χ2v) is 6.90. The van der Waals surface area contributed by atoms with Gasteiger partial charge in [-0.25, -0.2) is 4.98 Å². The molecule has 1 atom stereocenters. The van der Waals surface area contributed by atoms with Crippen molar-refractivity contribution in [2.24, 2.45) is 0 Å². The van der Waals surface area contributed by atoms with Gasteiger partial charge >= 0.3 is 0 Å². The number of carbonyl (C=O) groups is 1. The number of benzene rings is 1. The first-order valence-corrected chi connectivity index (χ1v) is 9.24. The molecule has 1 aromatic carbocycles. The van der Waals surface area contributed by atoms with E-state index in [0.29, 0.717) is 18.0 Å². The molecular weight excluding hydrogens is 344 g/mol. The molecule has 27 heavy (non-hydrogen) atoms. The molecule has 0 bridgehead atoms. The highest BCUT2D eigenvalue weighted by Crippen LogP contribution is 2.30. The van der Waals surface area contributed by atoms with E-state index < -0.39 is 6.10 Å². The number of fused-ring (bicyclic) bond motifs is 1. The van der Waals surface area contributed by atoms with Crippen LogP contribution in [0.2, 0.25) is 0 Å². The van der Waals surface area contributed by atoms with Gasteiger partial charge in [-0.05, 0) is 30.8 Å². The number of piperazine rings is 1. The molecule has 7 heteroatoms. The van der Waals surface area contributed by atoms with Gasteiger partial charge in [-0.2, -0.15) is 0 Å². The average molecular weight is 368 g/mol. The summed E-state index contributed by atoms with van der Waals surface area (Å²) in [6, 6.07) is 11.4. The van der Waals surface area contributed by atoms with Crippen LogP contribution in [-0.2, 0) is 11.3 Å². The van der Waals surface area contributed by atoms with E-state index in [2.05, 4.69) is 27.1 Å². The number of amides is 1. The maximum atomic E-state index is 12.4. The zero-order chi connectivity index (χ0) is 18.6. The van der Waals surface area contributed by atoms with Crippen molar-refractivity contribution in [2.45, 2.75) is 12.6 Å². The van der Waals surface area contributed by atoms with Crippen LogP contribution < -0.4 is 19.7 Å². The Balaban J connectivity index is 1.29. The standard InChI is InChI=1S/C20H24N4O3/c1-23-8-10-24(11-9-23)19-7-6-15(12-21-19)13-22-20(25)18-14-26-16-4-2-3-5-17(16)27-18/h2-7,12,18H,8-11,13-14H2,1H3,(H,22,25). The molecule has 4 rings (SSSR count). The molecule has 2 aliphatic heterocycles. The number of nitrogens with zero attached hydrogens (tertiary/aromatic N) is 3. The van der Waals surface area contributed by atoms with Crippen molar-refractivity contribution in [1.29, 1.82) is 0 Å². The Labute approximate surface area is 158 Å². The first-order valence-electron chi connectivity index (χ1n) is 9.24. The quantitative estimate of drug-likeness (QED) is 0.877. The normalized spacial score (nSPS) is 19.6. The number of hydrogen-bond acceptors (Lipinski definition) is 6. The van der Waals surface area contributed by atoms with Crippen LogP contribution in [0.25, 0.3) is 0 Å². The number of ether oxygens (including phenoxy) is 2. The van der Waals surface area contributed by atoms with E-state index in [1.54, 1.807) is 6.07 Å². The predicted molar refractivity (Wildman–Crippen MR) is 102 cm³/mol. The lowest BCUT2D eigenvalue weighted by atomic mass is 10.2. The number of rotatable bonds is 4. The Hall–Kier alpha value is -2.80. The molecule has 2 aromatic rings. The second kappa shape index (κ2) is 7.84. The summed E-state index contributed by atoms with van der Waals surface area (Å²) < 4.78 is 11.3. The first kappa shape index (κ1) is 17.6. The second-order valence-electron chi connectivity index (χ2n) is 6.90. The molecule has 1 aromatic heterocycles. The Morgan fingerprint density at radius 3 is 2.67 bits per heavy atom. The fourth-order valence-corrected chi connectivity index (χ4v) is 3.20. The minimum Gasteiger partial charge on any atom is -0.485 e. The number of para-hydroxylation sites is 2. The van der Waals surface area contributed by atoms with Gasteiger partial charge in [-0.1, -0.05) is 18.2 Å². The van der Waals surface area contributed by atoms with Crippen molar-refractivity contribution in [1.82, 2.24) is 15.2 Å². The fourth-order valence-electron chi connectivity index (χ4n) is 3.20. The molecule has 1 fully saturated rings. The third-order valence-corrected chi connectivity index (χ3v) is 4.90. The van der Waals surface area contributed by atoms with Gasteiger partial charge in [0.15, 0.2) is 11.5 Å². The zero-order valence-electron chi connectivity index (χ0n) is 15.4. The smallest absolute Gasteiger partial charge is 0.264 e. The van der Waals surface area contributed by atoms with Gasteiger partial charge in [0.05, 0.1) is 0 Å². The summed E-state index contributed by atoms with van der Waals surface area (Å²) in [5.74, 6) is 2.07. The van der Waals surface area contributed by atoms with Crippen molar-refractivity contribution >= 4 is 11.7 Å². The van der Waals surface area contributed by atoms with E-state index in [-0.39, 0.29) is 12.5 Å². The Morgan fingerprint density at radius 1 is 1.15 bits per heavy atom. The molecule has 0 aliphatic carbocycles.